The van der Waals surface area contributed by atoms with Crippen LogP contribution in [0.3, 0.4) is 0 Å². The molecule has 0 saturated carbocycles. The molecule has 1 unspecified atom stereocenters. The van der Waals surface area contributed by atoms with E-state index in [1.54, 1.807) is 24.3 Å². The zero-order valence-electron chi connectivity index (χ0n) is 16.6. The molecule has 2 aromatic carbocycles. The highest BCUT2D eigenvalue weighted by atomic mass is 35.5. The van der Waals surface area contributed by atoms with Crippen LogP contribution in [0.25, 0.3) is 0 Å². The van der Waals surface area contributed by atoms with E-state index in [9.17, 15) is 9.18 Å². The molecule has 1 atom stereocenters. The van der Waals surface area contributed by atoms with Crippen LogP contribution in [-0.2, 0) is 16.8 Å². The summed E-state index contributed by atoms with van der Waals surface area (Å²) in [7, 11) is 0. The predicted molar refractivity (Wildman–Crippen MR) is 110 cm³/mol. The fourth-order valence-electron chi connectivity index (χ4n) is 3.09. The molecule has 9 heteroatoms. The Balaban J connectivity index is 1.27. The zero-order valence-corrected chi connectivity index (χ0v) is 17.4. The minimum atomic E-state index is -0.466. The molecule has 7 nitrogen and oxygen atoms in total. The number of carbonyl (C=O) groups is 1. The van der Waals surface area contributed by atoms with Gasteiger partial charge in [-0.2, -0.15) is 4.98 Å². The molecule has 0 spiro atoms. The van der Waals surface area contributed by atoms with E-state index in [4.69, 9.17) is 25.6 Å². The summed E-state index contributed by atoms with van der Waals surface area (Å²) in [5, 5.41) is 7.36. The maximum Gasteiger partial charge on any atom is 0.262 e. The van der Waals surface area contributed by atoms with Gasteiger partial charge in [0.15, 0.2) is 13.2 Å². The van der Waals surface area contributed by atoms with Gasteiger partial charge in [0.1, 0.15) is 17.3 Å². The van der Waals surface area contributed by atoms with Crippen LogP contribution >= 0.6 is 11.6 Å². The molecule has 1 N–H and O–H groups in total. The molecule has 3 aromatic rings. The average molecular weight is 444 g/mol. The molecule has 1 amide bonds. The lowest BCUT2D eigenvalue weighted by molar-refractivity contribution is -0.122. The van der Waals surface area contributed by atoms with Crippen molar-refractivity contribution in [3.05, 3.63) is 82.9 Å². The van der Waals surface area contributed by atoms with Crippen molar-refractivity contribution in [2.24, 2.45) is 0 Å². The number of carbonyl (C=O) groups excluding carboxylic acids is 1. The number of nitrogens with one attached hydrogen (secondary N) is 1. The Kier molecular flexibility index (Phi) is 5.90. The second-order valence-electron chi connectivity index (χ2n) is 7.31. The first-order valence-electron chi connectivity index (χ1n) is 9.51. The molecule has 1 aliphatic carbocycles. The van der Waals surface area contributed by atoms with Gasteiger partial charge in [-0.05, 0) is 61.5 Å². The summed E-state index contributed by atoms with van der Waals surface area (Å²) in [5.74, 6) is 1.27. The van der Waals surface area contributed by atoms with Crippen molar-refractivity contribution in [2.45, 2.75) is 25.4 Å². The number of amides is 1. The number of ether oxygens (including phenoxy) is 2. The first kappa shape index (κ1) is 20.9. The second kappa shape index (κ2) is 8.77. The van der Waals surface area contributed by atoms with Gasteiger partial charge in [-0.3, -0.25) is 4.79 Å². The van der Waals surface area contributed by atoms with E-state index in [1.807, 2.05) is 13.0 Å². The smallest absolute Gasteiger partial charge is 0.262 e. The zero-order chi connectivity index (χ0) is 21.8. The third-order valence-corrected chi connectivity index (χ3v) is 4.92. The third-order valence-electron chi connectivity index (χ3n) is 4.67. The van der Waals surface area contributed by atoms with Crippen molar-refractivity contribution in [3.63, 3.8) is 0 Å². The molecular formula is C22H19ClFN3O4. The molecule has 1 aromatic heterocycles. The lowest BCUT2D eigenvalue weighted by atomic mass is 9.75. The highest BCUT2D eigenvalue weighted by molar-refractivity contribution is 6.30. The second-order valence-corrected chi connectivity index (χ2v) is 7.75. The largest absolute Gasteiger partial charge is 0.485 e. The fraction of sp³-hybridized carbons (Fsp3) is 0.227. The van der Waals surface area contributed by atoms with E-state index in [1.165, 1.54) is 24.3 Å². The summed E-state index contributed by atoms with van der Waals surface area (Å²) in [4.78, 5) is 16.4. The molecule has 31 heavy (non-hydrogen) atoms. The van der Waals surface area contributed by atoms with Crippen molar-refractivity contribution in [2.75, 3.05) is 6.61 Å². The fourth-order valence-corrected chi connectivity index (χ4v) is 3.21. The summed E-state index contributed by atoms with van der Waals surface area (Å²) in [6.07, 6.45) is 2.40. The topological polar surface area (TPSA) is 86.5 Å². The molecule has 1 aliphatic rings. The van der Waals surface area contributed by atoms with E-state index in [0.717, 1.165) is 5.70 Å². The summed E-state index contributed by atoms with van der Waals surface area (Å²) < 4.78 is 29.2. The molecular weight excluding hydrogens is 425 g/mol. The van der Waals surface area contributed by atoms with Crippen LogP contribution in [0.4, 0.5) is 4.39 Å². The van der Waals surface area contributed by atoms with E-state index < -0.39 is 5.41 Å². The van der Waals surface area contributed by atoms with Crippen LogP contribution in [0.5, 0.6) is 11.5 Å². The van der Waals surface area contributed by atoms with Gasteiger partial charge in [0.25, 0.3) is 5.91 Å². The summed E-state index contributed by atoms with van der Waals surface area (Å²) in [6, 6.07) is 12.5. The maximum atomic E-state index is 12.9. The monoisotopic (exact) mass is 443 g/mol. The number of halogens is 2. The third kappa shape index (κ3) is 5.21. The van der Waals surface area contributed by atoms with E-state index >= 15 is 0 Å². The molecule has 1 heterocycles. The lowest BCUT2D eigenvalue weighted by Crippen LogP contribution is -2.39. The number of benzene rings is 2. The van der Waals surface area contributed by atoms with Gasteiger partial charge in [0.2, 0.25) is 11.7 Å². The van der Waals surface area contributed by atoms with Crippen molar-refractivity contribution < 1.29 is 23.2 Å². The normalized spacial score (nSPS) is 17.5. The van der Waals surface area contributed by atoms with Crippen molar-refractivity contribution in [1.29, 1.82) is 0 Å². The maximum absolute atomic E-state index is 12.9. The Labute approximate surface area is 182 Å². The first-order chi connectivity index (χ1) is 14.9. The van der Waals surface area contributed by atoms with Crippen LogP contribution in [0.15, 0.2) is 64.8 Å². The Hall–Kier alpha value is -3.39. The Morgan fingerprint density at radius 1 is 1.16 bits per heavy atom. The van der Waals surface area contributed by atoms with Crippen molar-refractivity contribution in [1.82, 2.24) is 15.5 Å². The number of aromatic nitrogens is 2. The SMILES string of the molecule is CC1(c2nc(COc3ccc(Cl)cc3)no2)C=C(NC(=O)COc2ccc(F)cc2)C1. The summed E-state index contributed by atoms with van der Waals surface area (Å²) >= 11 is 5.85. The standard InChI is InChI=1S/C22H19ClFN3O4/c1-22(21-26-19(27-31-21)12-29-17-6-2-14(23)3-7-17)10-16(11-22)25-20(28)13-30-18-8-4-15(24)5-9-18/h2-10H,11-13H2,1H3,(H,25,28). The molecule has 0 saturated heterocycles. The predicted octanol–water partition coefficient (Wildman–Crippen LogP) is 4.18. The number of nitrogens with zero attached hydrogens (tertiary/aromatic N) is 2. The highest BCUT2D eigenvalue weighted by Crippen LogP contribution is 2.39. The molecule has 160 valence electrons. The van der Waals surface area contributed by atoms with Crippen molar-refractivity contribution in [3.8, 4) is 11.5 Å². The van der Waals surface area contributed by atoms with Crippen LogP contribution < -0.4 is 14.8 Å². The van der Waals surface area contributed by atoms with Crippen LogP contribution in [-0.4, -0.2) is 22.7 Å². The van der Waals surface area contributed by atoms with E-state index in [-0.39, 0.29) is 24.9 Å². The number of allylic oxidation sites excluding steroid dienone is 2. The molecule has 0 bridgehead atoms. The quantitative estimate of drug-likeness (QED) is 0.562. The Morgan fingerprint density at radius 2 is 1.81 bits per heavy atom. The average Bonchev–Trinajstić information content (AvgIpc) is 3.21. The van der Waals surface area contributed by atoms with Crippen LogP contribution in [0.2, 0.25) is 5.02 Å². The van der Waals surface area contributed by atoms with Crippen LogP contribution in [0.1, 0.15) is 25.1 Å². The lowest BCUT2D eigenvalue weighted by Gasteiger charge is -2.33. The number of hydrogen-bond acceptors (Lipinski definition) is 6. The van der Waals surface area contributed by atoms with Gasteiger partial charge in [-0.25, -0.2) is 4.39 Å². The van der Waals surface area contributed by atoms with Crippen molar-refractivity contribution >= 4 is 17.5 Å². The van der Waals surface area contributed by atoms with Gasteiger partial charge in [-0.15, -0.1) is 0 Å². The van der Waals surface area contributed by atoms with Gasteiger partial charge in [0, 0.05) is 17.1 Å². The Bertz CT molecular complexity index is 1100. The van der Waals surface area contributed by atoms with Gasteiger partial charge in [0.05, 0.1) is 5.41 Å². The van der Waals surface area contributed by atoms with E-state index in [0.29, 0.717) is 34.7 Å². The number of hydrogen-bond donors (Lipinski definition) is 1. The number of rotatable bonds is 8. The van der Waals surface area contributed by atoms with E-state index in [2.05, 4.69) is 15.5 Å². The van der Waals surface area contributed by atoms with Gasteiger partial charge < -0.3 is 19.3 Å². The minimum Gasteiger partial charge on any atom is -0.485 e. The summed E-state index contributed by atoms with van der Waals surface area (Å²) in [6.45, 7) is 1.93. The first-order valence-corrected chi connectivity index (χ1v) is 9.89. The molecule has 0 aliphatic heterocycles. The van der Waals surface area contributed by atoms with Gasteiger partial charge in [-0.1, -0.05) is 16.8 Å². The highest BCUT2D eigenvalue weighted by Gasteiger charge is 2.39. The van der Waals surface area contributed by atoms with Gasteiger partial charge >= 0.3 is 0 Å². The molecule has 0 fully saturated rings. The molecule has 4 rings (SSSR count). The molecule has 0 radical (unpaired) electrons. The Morgan fingerprint density at radius 3 is 2.52 bits per heavy atom. The minimum absolute atomic E-state index is 0.162. The van der Waals surface area contributed by atoms with Crippen LogP contribution in [0, 0.1) is 5.82 Å². The summed E-state index contributed by atoms with van der Waals surface area (Å²) in [5.41, 5.74) is 0.277.